The van der Waals surface area contributed by atoms with Gasteiger partial charge in [0.25, 0.3) is 0 Å². The van der Waals surface area contributed by atoms with Gasteiger partial charge >= 0.3 is 0 Å². The predicted octanol–water partition coefficient (Wildman–Crippen LogP) is 2.72. The molecule has 1 fully saturated rings. The van der Waals surface area contributed by atoms with Crippen LogP contribution in [0.4, 0.5) is 5.69 Å². The Morgan fingerprint density at radius 1 is 1.33 bits per heavy atom. The number of carbonyl (C=O) groups excluding carboxylic acids is 1. The Kier molecular flexibility index (Phi) is 4.62. The van der Waals surface area contributed by atoms with Crippen LogP contribution in [0.5, 0.6) is 0 Å². The zero-order valence-electron chi connectivity index (χ0n) is 11.0. The Bertz CT molecular complexity index is 399. The number of anilines is 1. The Hall–Kier alpha value is -1.51. The molecular formula is C15H22N2O. The number of carbonyl (C=O) groups is 1. The summed E-state index contributed by atoms with van der Waals surface area (Å²) in [5.74, 6) is 0.165. The molecule has 0 unspecified atom stereocenters. The summed E-state index contributed by atoms with van der Waals surface area (Å²) in [6.07, 6.45) is 5.08. The molecule has 1 aliphatic carbocycles. The number of hydrogen-bond donors (Lipinski definition) is 2. The van der Waals surface area contributed by atoms with Crippen LogP contribution in [0.25, 0.3) is 0 Å². The van der Waals surface area contributed by atoms with Crippen LogP contribution in [0.1, 0.15) is 38.2 Å². The highest BCUT2D eigenvalue weighted by molar-refractivity contribution is 5.77. The maximum absolute atomic E-state index is 11.5. The Morgan fingerprint density at radius 3 is 2.83 bits per heavy atom. The fourth-order valence-corrected chi connectivity index (χ4v) is 2.02. The third kappa shape index (κ3) is 4.06. The molecule has 1 aromatic rings. The molecule has 3 nitrogen and oxygen atoms in total. The number of hydrogen-bond acceptors (Lipinski definition) is 2. The van der Waals surface area contributed by atoms with Gasteiger partial charge in [-0.3, -0.25) is 4.79 Å². The van der Waals surface area contributed by atoms with Crippen molar-refractivity contribution < 1.29 is 4.79 Å². The van der Waals surface area contributed by atoms with Crippen molar-refractivity contribution in [3.63, 3.8) is 0 Å². The highest BCUT2D eigenvalue weighted by atomic mass is 16.1. The molecule has 98 valence electrons. The van der Waals surface area contributed by atoms with Crippen LogP contribution in [0.3, 0.4) is 0 Å². The second-order valence-corrected chi connectivity index (χ2v) is 4.93. The van der Waals surface area contributed by atoms with E-state index >= 15 is 0 Å². The quantitative estimate of drug-likeness (QED) is 0.776. The van der Waals surface area contributed by atoms with Gasteiger partial charge in [0.2, 0.25) is 5.91 Å². The van der Waals surface area contributed by atoms with E-state index in [2.05, 4.69) is 35.8 Å². The summed E-state index contributed by atoms with van der Waals surface area (Å²) in [7, 11) is 0. The normalized spacial score (nSPS) is 14.3. The van der Waals surface area contributed by atoms with Gasteiger partial charge in [0.1, 0.15) is 0 Å². The van der Waals surface area contributed by atoms with Crippen molar-refractivity contribution in [3.8, 4) is 0 Å². The summed E-state index contributed by atoms with van der Waals surface area (Å²) < 4.78 is 0. The molecule has 0 radical (unpaired) electrons. The Labute approximate surface area is 109 Å². The summed E-state index contributed by atoms with van der Waals surface area (Å²) in [6, 6.07) is 8.80. The number of nitrogens with one attached hydrogen (secondary N) is 2. The molecule has 1 aromatic carbocycles. The van der Waals surface area contributed by atoms with Crippen molar-refractivity contribution in [2.24, 2.45) is 0 Å². The van der Waals surface area contributed by atoms with Gasteiger partial charge in [0.05, 0.1) is 0 Å². The lowest BCUT2D eigenvalue weighted by atomic mass is 10.1. The third-order valence-electron chi connectivity index (χ3n) is 3.15. The van der Waals surface area contributed by atoms with Crippen LogP contribution in [0.2, 0.25) is 0 Å². The van der Waals surface area contributed by atoms with Crippen LogP contribution in [0, 0.1) is 0 Å². The van der Waals surface area contributed by atoms with E-state index in [9.17, 15) is 4.79 Å². The first kappa shape index (κ1) is 12.9. The predicted molar refractivity (Wildman–Crippen MR) is 74.7 cm³/mol. The first-order chi connectivity index (χ1) is 8.79. The second-order valence-electron chi connectivity index (χ2n) is 4.93. The monoisotopic (exact) mass is 246 g/mol. The van der Waals surface area contributed by atoms with Gasteiger partial charge in [-0.05, 0) is 30.9 Å². The number of amides is 1. The summed E-state index contributed by atoms with van der Waals surface area (Å²) in [5, 5.41) is 6.36. The molecule has 1 amide bonds. The van der Waals surface area contributed by atoms with Gasteiger partial charge in [-0.2, -0.15) is 0 Å². The fourth-order valence-electron chi connectivity index (χ4n) is 2.02. The Balaban J connectivity index is 1.76. The topological polar surface area (TPSA) is 41.1 Å². The number of benzene rings is 1. The summed E-state index contributed by atoms with van der Waals surface area (Å²) in [5.41, 5.74) is 2.50. The minimum atomic E-state index is 0.165. The number of para-hydroxylation sites is 1. The zero-order chi connectivity index (χ0) is 12.8. The Morgan fingerprint density at radius 2 is 2.11 bits per heavy atom. The molecule has 2 N–H and O–H groups in total. The maximum atomic E-state index is 11.5. The van der Waals surface area contributed by atoms with Crippen molar-refractivity contribution in [2.45, 2.75) is 45.1 Å². The first-order valence-corrected chi connectivity index (χ1v) is 6.90. The van der Waals surface area contributed by atoms with Crippen LogP contribution >= 0.6 is 0 Å². The molecule has 2 rings (SSSR count). The highest BCUT2D eigenvalue weighted by Crippen LogP contribution is 2.19. The van der Waals surface area contributed by atoms with Crippen LogP contribution in [-0.2, 0) is 11.2 Å². The molecular weight excluding hydrogens is 224 g/mol. The van der Waals surface area contributed by atoms with Crippen LogP contribution < -0.4 is 10.6 Å². The van der Waals surface area contributed by atoms with Crippen molar-refractivity contribution in [2.75, 3.05) is 11.9 Å². The minimum absolute atomic E-state index is 0.165. The smallest absolute Gasteiger partial charge is 0.221 e. The van der Waals surface area contributed by atoms with Crippen LogP contribution in [-0.4, -0.2) is 18.5 Å². The van der Waals surface area contributed by atoms with Crippen LogP contribution in [0.15, 0.2) is 24.3 Å². The standard InChI is InChI=1S/C15H22N2O/c1-2-5-12-6-3-4-7-14(12)16-11-10-15(18)17-13-8-9-13/h3-4,6-7,13,16H,2,5,8-11H2,1H3,(H,17,18). The van der Waals surface area contributed by atoms with E-state index in [0.717, 1.165) is 25.7 Å². The number of rotatable bonds is 7. The van der Waals surface area contributed by atoms with Crippen molar-refractivity contribution in [1.82, 2.24) is 5.32 Å². The third-order valence-corrected chi connectivity index (χ3v) is 3.15. The van der Waals surface area contributed by atoms with Gasteiger partial charge < -0.3 is 10.6 Å². The molecule has 1 saturated carbocycles. The molecule has 0 spiro atoms. The summed E-state index contributed by atoms with van der Waals surface area (Å²) >= 11 is 0. The van der Waals surface area contributed by atoms with Crippen molar-refractivity contribution >= 4 is 11.6 Å². The molecule has 0 aromatic heterocycles. The SMILES string of the molecule is CCCc1ccccc1NCCC(=O)NC1CC1. The van der Waals surface area contributed by atoms with Gasteiger partial charge in [0.15, 0.2) is 0 Å². The molecule has 1 aliphatic rings. The molecule has 0 saturated heterocycles. The molecule has 0 bridgehead atoms. The maximum Gasteiger partial charge on any atom is 0.221 e. The lowest BCUT2D eigenvalue weighted by Crippen LogP contribution is -2.27. The average Bonchev–Trinajstić information content (AvgIpc) is 3.15. The molecule has 3 heteroatoms. The van der Waals surface area contributed by atoms with E-state index in [1.165, 1.54) is 11.3 Å². The van der Waals surface area contributed by atoms with E-state index in [1.807, 2.05) is 6.07 Å². The molecule has 0 heterocycles. The van der Waals surface area contributed by atoms with Gasteiger partial charge in [0, 0.05) is 24.7 Å². The molecule has 18 heavy (non-hydrogen) atoms. The second kappa shape index (κ2) is 6.43. The first-order valence-electron chi connectivity index (χ1n) is 6.90. The zero-order valence-corrected chi connectivity index (χ0v) is 11.0. The number of aryl methyl sites for hydroxylation is 1. The van der Waals surface area contributed by atoms with E-state index in [0.29, 0.717) is 19.0 Å². The fraction of sp³-hybridized carbons (Fsp3) is 0.533. The van der Waals surface area contributed by atoms with Crippen molar-refractivity contribution in [3.05, 3.63) is 29.8 Å². The highest BCUT2D eigenvalue weighted by Gasteiger charge is 2.22. The lowest BCUT2D eigenvalue weighted by Gasteiger charge is -2.11. The lowest BCUT2D eigenvalue weighted by molar-refractivity contribution is -0.120. The van der Waals surface area contributed by atoms with E-state index in [1.54, 1.807) is 0 Å². The summed E-state index contributed by atoms with van der Waals surface area (Å²) in [6.45, 7) is 2.89. The average molecular weight is 246 g/mol. The van der Waals surface area contributed by atoms with E-state index in [4.69, 9.17) is 0 Å². The molecule has 0 atom stereocenters. The molecule has 0 aliphatic heterocycles. The largest absolute Gasteiger partial charge is 0.384 e. The van der Waals surface area contributed by atoms with E-state index < -0.39 is 0 Å². The van der Waals surface area contributed by atoms with Gasteiger partial charge in [-0.1, -0.05) is 31.5 Å². The summed E-state index contributed by atoms with van der Waals surface area (Å²) in [4.78, 5) is 11.5. The van der Waals surface area contributed by atoms with Crippen molar-refractivity contribution in [1.29, 1.82) is 0 Å². The van der Waals surface area contributed by atoms with Gasteiger partial charge in [-0.15, -0.1) is 0 Å². The minimum Gasteiger partial charge on any atom is -0.384 e. The van der Waals surface area contributed by atoms with E-state index in [-0.39, 0.29) is 5.91 Å². The van der Waals surface area contributed by atoms with Gasteiger partial charge in [-0.25, -0.2) is 0 Å².